The molecular weight excluding hydrogens is 417 g/mol. The number of thiazole rings is 1. The second-order valence-electron chi connectivity index (χ2n) is 6.95. The summed E-state index contributed by atoms with van der Waals surface area (Å²) >= 11 is 0.837. The van der Waals surface area contributed by atoms with Crippen molar-refractivity contribution >= 4 is 22.8 Å². The molecule has 0 aliphatic carbocycles. The number of carbonyl (C=O) groups is 1. The first-order valence-electron chi connectivity index (χ1n) is 9.17. The van der Waals surface area contributed by atoms with Crippen molar-refractivity contribution in [1.82, 2.24) is 29.5 Å². The first-order valence-corrected chi connectivity index (χ1v) is 10.1. The number of pyridine rings is 1. The van der Waals surface area contributed by atoms with Crippen LogP contribution in [0.2, 0.25) is 0 Å². The number of hydrogen-bond donors (Lipinski definition) is 1. The van der Waals surface area contributed by atoms with Gasteiger partial charge in [-0.1, -0.05) is 6.07 Å². The van der Waals surface area contributed by atoms with E-state index in [4.69, 9.17) is 0 Å². The van der Waals surface area contributed by atoms with Gasteiger partial charge in [0.1, 0.15) is 11.0 Å². The Bertz CT molecular complexity index is 1190. The normalized spacial score (nSPS) is 16.8. The molecule has 0 spiro atoms. The fourth-order valence-electron chi connectivity index (χ4n) is 3.69. The van der Waals surface area contributed by atoms with Crippen LogP contribution in [0, 0.1) is 0 Å². The number of nitrogens with zero attached hydrogens (tertiary/aromatic N) is 5. The van der Waals surface area contributed by atoms with Crippen LogP contribution in [0.25, 0.3) is 5.52 Å². The zero-order valence-electron chi connectivity index (χ0n) is 15.4. The Labute approximate surface area is 172 Å². The molecular formula is C19H15F3N6OS. The average Bonchev–Trinajstić information content (AvgIpc) is 3.44. The Morgan fingerprint density at radius 2 is 2.20 bits per heavy atom. The fraction of sp³-hybridized carbons (Fsp3) is 0.263. The van der Waals surface area contributed by atoms with E-state index in [1.807, 2.05) is 30.5 Å². The molecule has 0 radical (unpaired) electrons. The van der Waals surface area contributed by atoms with Gasteiger partial charge >= 0.3 is 6.18 Å². The Morgan fingerprint density at radius 1 is 1.33 bits per heavy atom. The van der Waals surface area contributed by atoms with E-state index in [-0.39, 0.29) is 17.3 Å². The summed E-state index contributed by atoms with van der Waals surface area (Å²) in [6.07, 6.45) is -0.752. The molecule has 7 nitrogen and oxygen atoms in total. The van der Waals surface area contributed by atoms with Crippen LogP contribution in [0.15, 0.2) is 42.2 Å². The predicted molar refractivity (Wildman–Crippen MR) is 102 cm³/mol. The molecule has 1 amide bonds. The molecule has 1 atom stereocenters. The zero-order valence-corrected chi connectivity index (χ0v) is 16.2. The minimum Gasteiger partial charge on any atom is -0.348 e. The predicted octanol–water partition coefficient (Wildman–Crippen LogP) is 3.25. The molecule has 154 valence electrons. The second kappa shape index (κ2) is 6.94. The molecule has 1 aliphatic heterocycles. The van der Waals surface area contributed by atoms with Gasteiger partial charge in [0, 0.05) is 30.2 Å². The number of aromatic amines is 1. The molecule has 0 aromatic carbocycles. The van der Waals surface area contributed by atoms with Crippen molar-refractivity contribution in [2.24, 2.45) is 0 Å². The zero-order chi connectivity index (χ0) is 20.9. The summed E-state index contributed by atoms with van der Waals surface area (Å²) < 4.78 is 40.2. The van der Waals surface area contributed by atoms with Crippen molar-refractivity contribution in [2.45, 2.75) is 25.1 Å². The Morgan fingerprint density at radius 3 is 2.97 bits per heavy atom. The largest absolute Gasteiger partial charge is 0.434 e. The van der Waals surface area contributed by atoms with Crippen LogP contribution in [-0.2, 0) is 23.8 Å². The maximum Gasteiger partial charge on any atom is 0.434 e. The standard InChI is InChI=1S/C19H15F3N6OS/c20-19(21,22)14-9-30-15(25-14)8-16(29)27-6-4-12-17(24-10-23-12)18(27)13-7-11-3-1-2-5-28(11)26-13/h1-3,5,7,9-10,18H,4,6,8H2,(H,23,24)/t18-/m1/s1. The maximum absolute atomic E-state index is 13.1. The minimum absolute atomic E-state index is 0.133. The van der Waals surface area contributed by atoms with Crippen molar-refractivity contribution < 1.29 is 18.0 Å². The maximum atomic E-state index is 13.1. The van der Waals surface area contributed by atoms with E-state index in [0.717, 1.165) is 27.9 Å². The van der Waals surface area contributed by atoms with Crippen LogP contribution in [-0.4, -0.2) is 41.9 Å². The third-order valence-corrected chi connectivity index (χ3v) is 5.91. The lowest BCUT2D eigenvalue weighted by molar-refractivity contribution is -0.141. The van der Waals surface area contributed by atoms with E-state index in [9.17, 15) is 18.0 Å². The molecule has 1 aliphatic rings. The highest BCUT2D eigenvalue weighted by atomic mass is 32.1. The van der Waals surface area contributed by atoms with Crippen LogP contribution >= 0.6 is 11.3 Å². The highest BCUT2D eigenvalue weighted by Gasteiger charge is 2.37. The van der Waals surface area contributed by atoms with Gasteiger partial charge in [0.2, 0.25) is 5.91 Å². The molecule has 0 fully saturated rings. The van der Waals surface area contributed by atoms with Gasteiger partial charge in [0.05, 0.1) is 29.7 Å². The second-order valence-corrected chi connectivity index (χ2v) is 7.89. The van der Waals surface area contributed by atoms with Crippen LogP contribution in [0.3, 0.4) is 0 Å². The fourth-order valence-corrected chi connectivity index (χ4v) is 4.48. The lowest BCUT2D eigenvalue weighted by Crippen LogP contribution is -2.41. The lowest BCUT2D eigenvalue weighted by atomic mass is 9.99. The molecule has 1 N–H and O–H groups in total. The van der Waals surface area contributed by atoms with Crippen molar-refractivity contribution in [3.05, 3.63) is 70.0 Å². The van der Waals surface area contributed by atoms with Gasteiger partial charge in [-0.25, -0.2) is 14.5 Å². The number of alkyl halides is 3. The molecule has 11 heteroatoms. The number of hydrogen-bond acceptors (Lipinski definition) is 5. The van der Waals surface area contributed by atoms with E-state index in [1.54, 1.807) is 15.7 Å². The summed E-state index contributed by atoms with van der Waals surface area (Å²) in [6.45, 7) is 0.407. The minimum atomic E-state index is -4.52. The van der Waals surface area contributed by atoms with E-state index >= 15 is 0 Å². The third-order valence-electron chi connectivity index (χ3n) is 5.06. The van der Waals surface area contributed by atoms with Gasteiger partial charge in [-0.15, -0.1) is 11.3 Å². The number of rotatable bonds is 3. The summed E-state index contributed by atoms with van der Waals surface area (Å²) in [6, 6.07) is 7.03. The first kappa shape index (κ1) is 18.8. The number of fused-ring (bicyclic) bond motifs is 2. The smallest absolute Gasteiger partial charge is 0.348 e. The number of halogens is 3. The number of carbonyl (C=O) groups excluding carboxylic acids is 1. The summed E-state index contributed by atoms with van der Waals surface area (Å²) in [7, 11) is 0. The highest BCUT2D eigenvalue weighted by molar-refractivity contribution is 7.09. The molecule has 4 aromatic rings. The highest BCUT2D eigenvalue weighted by Crippen LogP contribution is 2.34. The van der Waals surface area contributed by atoms with E-state index < -0.39 is 17.9 Å². The van der Waals surface area contributed by atoms with E-state index in [2.05, 4.69) is 20.1 Å². The van der Waals surface area contributed by atoms with Crippen LogP contribution in [0.1, 0.15) is 33.8 Å². The summed E-state index contributed by atoms with van der Waals surface area (Å²) in [5, 5.41) is 5.67. The molecule has 5 heterocycles. The van der Waals surface area contributed by atoms with Crippen molar-refractivity contribution in [3.8, 4) is 0 Å². The van der Waals surface area contributed by atoms with Crippen LogP contribution < -0.4 is 0 Å². The molecule has 0 bridgehead atoms. The van der Waals surface area contributed by atoms with Crippen LogP contribution in [0.5, 0.6) is 0 Å². The number of imidazole rings is 1. The molecule has 0 unspecified atom stereocenters. The monoisotopic (exact) mass is 432 g/mol. The van der Waals surface area contributed by atoms with Crippen molar-refractivity contribution in [3.63, 3.8) is 0 Å². The van der Waals surface area contributed by atoms with Gasteiger partial charge in [0.25, 0.3) is 0 Å². The van der Waals surface area contributed by atoms with Crippen molar-refractivity contribution in [2.75, 3.05) is 6.54 Å². The Hall–Kier alpha value is -3.21. The summed E-state index contributed by atoms with van der Waals surface area (Å²) in [5.74, 6) is -0.311. The number of nitrogens with one attached hydrogen (secondary N) is 1. The van der Waals surface area contributed by atoms with Gasteiger partial charge in [-0.3, -0.25) is 4.79 Å². The number of aromatic nitrogens is 5. The SMILES string of the molecule is O=C(Cc1nc(C(F)(F)F)cs1)N1CCc2[nH]cnc2[C@H]1c1cc2ccccn2n1. The number of H-pyrrole nitrogens is 1. The van der Waals surface area contributed by atoms with E-state index in [0.29, 0.717) is 24.4 Å². The number of amides is 1. The van der Waals surface area contributed by atoms with Gasteiger partial charge < -0.3 is 9.88 Å². The van der Waals surface area contributed by atoms with Crippen molar-refractivity contribution in [1.29, 1.82) is 0 Å². The van der Waals surface area contributed by atoms with Gasteiger partial charge in [0.15, 0.2) is 5.69 Å². The Balaban J connectivity index is 1.48. The van der Waals surface area contributed by atoms with Gasteiger partial charge in [-0.2, -0.15) is 18.3 Å². The summed E-state index contributed by atoms with van der Waals surface area (Å²) in [5.41, 5.74) is 2.18. The molecule has 30 heavy (non-hydrogen) atoms. The first-order chi connectivity index (χ1) is 14.4. The molecule has 0 saturated carbocycles. The lowest BCUT2D eigenvalue weighted by Gasteiger charge is -2.33. The average molecular weight is 432 g/mol. The molecule has 5 rings (SSSR count). The summed E-state index contributed by atoms with van der Waals surface area (Å²) in [4.78, 5) is 25.8. The molecule has 4 aromatic heterocycles. The van der Waals surface area contributed by atoms with E-state index in [1.165, 1.54) is 0 Å². The topological polar surface area (TPSA) is 79.2 Å². The Kier molecular flexibility index (Phi) is 4.35. The molecule has 0 saturated heterocycles. The van der Waals surface area contributed by atoms with Crippen LogP contribution in [0.4, 0.5) is 13.2 Å². The third kappa shape index (κ3) is 3.24. The quantitative estimate of drug-likeness (QED) is 0.539. The van der Waals surface area contributed by atoms with Gasteiger partial charge in [-0.05, 0) is 18.2 Å².